The van der Waals surface area contributed by atoms with Crippen LogP contribution in [0, 0.1) is 0 Å². The van der Waals surface area contributed by atoms with Gasteiger partial charge >= 0.3 is 0 Å². The molecule has 0 radical (unpaired) electrons. The number of phenolic OH excluding ortho intramolecular Hbond substituents is 3. The van der Waals surface area contributed by atoms with Crippen LogP contribution in [0.15, 0.2) is 82.0 Å². The highest BCUT2D eigenvalue weighted by Gasteiger charge is 2.46. The van der Waals surface area contributed by atoms with Crippen LogP contribution < -0.4 is 10.2 Å². The molecule has 0 saturated carbocycles. The van der Waals surface area contributed by atoms with Gasteiger partial charge in [0.2, 0.25) is 6.29 Å². The Morgan fingerprint density at radius 3 is 2.17 bits per heavy atom. The second kappa shape index (κ2) is 12.0. The molecule has 218 valence electrons. The predicted molar refractivity (Wildman–Crippen MR) is 147 cm³/mol. The molecule has 6 N–H and O–H groups in total. The van der Waals surface area contributed by atoms with Gasteiger partial charge in [-0.15, -0.1) is 0 Å². The Bertz CT molecular complexity index is 1660. The lowest BCUT2D eigenvalue weighted by Gasteiger charge is -2.39. The molecule has 0 aliphatic carbocycles. The number of aliphatic hydroxyl groups is 3. The van der Waals surface area contributed by atoms with Gasteiger partial charge in [0, 0.05) is 23.8 Å². The summed E-state index contributed by atoms with van der Waals surface area (Å²) in [5.41, 5.74) is 0.513. The number of aromatic hydroxyl groups is 3. The number of aliphatic hydroxyl groups excluding tert-OH is 3. The van der Waals surface area contributed by atoms with Crippen LogP contribution in [0.4, 0.5) is 0 Å². The number of hydrogen-bond acceptors (Lipinski definition) is 12. The quantitative estimate of drug-likeness (QED) is 0.167. The zero-order chi connectivity index (χ0) is 30.0. The number of hydrogen-bond donors (Lipinski definition) is 6. The Morgan fingerprint density at radius 1 is 0.833 bits per heavy atom. The Labute approximate surface area is 237 Å². The summed E-state index contributed by atoms with van der Waals surface area (Å²) in [5.74, 6) is -0.871. The summed E-state index contributed by atoms with van der Waals surface area (Å²) in [6.07, 6.45) is -5.77. The van der Waals surface area contributed by atoms with Gasteiger partial charge in [0.05, 0.1) is 0 Å². The van der Waals surface area contributed by atoms with E-state index in [0.29, 0.717) is 11.1 Å². The van der Waals surface area contributed by atoms with Crippen molar-refractivity contribution in [2.75, 3.05) is 6.61 Å². The molecule has 1 aromatic heterocycles. The highest BCUT2D eigenvalue weighted by molar-refractivity contribution is 5.94. The van der Waals surface area contributed by atoms with Gasteiger partial charge in [-0.1, -0.05) is 18.2 Å². The molecule has 4 aromatic rings. The maximum absolute atomic E-state index is 12.7. The number of benzene rings is 3. The molecular weight excluding hydrogens is 552 g/mol. The Kier molecular flexibility index (Phi) is 8.24. The average Bonchev–Trinajstić information content (AvgIpc) is 2.96. The topological polar surface area (TPSA) is 196 Å². The number of rotatable bonds is 8. The minimum atomic E-state index is -1.79. The van der Waals surface area contributed by atoms with Gasteiger partial charge in [-0.3, -0.25) is 9.59 Å². The lowest BCUT2D eigenvalue weighted by molar-refractivity contribution is -0.331. The van der Waals surface area contributed by atoms with Gasteiger partial charge in [0.1, 0.15) is 64.6 Å². The molecule has 12 heteroatoms. The van der Waals surface area contributed by atoms with Crippen molar-refractivity contribution in [3.8, 4) is 34.3 Å². The number of carbonyl (C=O) groups is 1. The Hall–Kier alpha value is -4.72. The number of phenols is 3. The Balaban J connectivity index is 1.31. The summed E-state index contributed by atoms with van der Waals surface area (Å²) >= 11 is 0. The van der Waals surface area contributed by atoms with E-state index in [1.165, 1.54) is 60.7 Å². The van der Waals surface area contributed by atoms with E-state index < -0.39 is 54.5 Å². The monoisotopic (exact) mass is 578 g/mol. The Morgan fingerprint density at radius 2 is 1.48 bits per heavy atom. The summed E-state index contributed by atoms with van der Waals surface area (Å²) in [6, 6.07) is 15.5. The van der Waals surface area contributed by atoms with E-state index in [9.17, 15) is 40.2 Å². The van der Waals surface area contributed by atoms with E-state index in [4.69, 9.17) is 18.6 Å². The molecule has 1 aliphatic heterocycles. The van der Waals surface area contributed by atoms with Crippen LogP contribution in [-0.2, 0) is 14.3 Å². The molecule has 0 amide bonds. The first-order valence-electron chi connectivity index (χ1n) is 12.7. The first-order valence-corrected chi connectivity index (χ1v) is 12.7. The number of ether oxygens (including phenoxy) is 3. The zero-order valence-electron chi connectivity index (χ0n) is 21.7. The van der Waals surface area contributed by atoms with Gasteiger partial charge in [0.25, 0.3) is 0 Å². The summed E-state index contributed by atoms with van der Waals surface area (Å²) in [6.45, 7) is -0.548. The fraction of sp³-hybridized carbons (Fsp3) is 0.200. The molecule has 1 saturated heterocycles. The van der Waals surface area contributed by atoms with Gasteiger partial charge in [-0.25, -0.2) is 0 Å². The van der Waals surface area contributed by atoms with Crippen LogP contribution >= 0.6 is 0 Å². The van der Waals surface area contributed by atoms with Crippen molar-refractivity contribution in [2.24, 2.45) is 0 Å². The third-order valence-electron chi connectivity index (χ3n) is 6.46. The fourth-order valence-electron chi connectivity index (χ4n) is 4.25. The van der Waals surface area contributed by atoms with Crippen molar-refractivity contribution in [1.29, 1.82) is 0 Å². The van der Waals surface area contributed by atoms with Gasteiger partial charge in [-0.2, -0.15) is 0 Å². The molecular formula is C30H26O12. The van der Waals surface area contributed by atoms with Crippen LogP contribution in [0.3, 0.4) is 0 Å². The molecule has 0 bridgehead atoms. The molecule has 1 fully saturated rings. The zero-order valence-corrected chi connectivity index (χ0v) is 21.7. The molecule has 5 atom stereocenters. The second-order valence-electron chi connectivity index (χ2n) is 9.50. The van der Waals surface area contributed by atoms with Crippen molar-refractivity contribution in [3.05, 3.63) is 88.6 Å². The summed E-state index contributed by atoms with van der Waals surface area (Å²) < 4.78 is 22.3. The minimum absolute atomic E-state index is 0.0192. The minimum Gasteiger partial charge on any atom is -0.508 e. The maximum Gasteiger partial charge on any atom is 0.231 e. The predicted octanol–water partition coefficient (Wildman–Crippen LogP) is 2.02. The van der Waals surface area contributed by atoms with E-state index in [-0.39, 0.29) is 34.0 Å². The lowest BCUT2D eigenvalue weighted by Crippen LogP contribution is -2.60. The molecule has 42 heavy (non-hydrogen) atoms. The van der Waals surface area contributed by atoms with Crippen LogP contribution in [0.5, 0.6) is 23.0 Å². The molecule has 1 aliphatic rings. The first-order chi connectivity index (χ1) is 20.1. The largest absolute Gasteiger partial charge is 0.508 e. The van der Waals surface area contributed by atoms with Crippen LogP contribution in [0.25, 0.3) is 28.4 Å². The van der Waals surface area contributed by atoms with Crippen molar-refractivity contribution in [1.82, 2.24) is 0 Å². The average molecular weight is 579 g/mol. The van der Waals surface area contributed by atoms with Crippen LogP contribution in [0.2, 0.25) is 0 Å². The van der Waals surface area contributed by atoms with Crippen molar-refractivity contribution in [3.63, 3.8) is 0 Å². The normalized spacial score (nSPS) is 22.4. The van der Waals surface area contributed by atoms with Gasteiger partial charge in [-0.05, 0) is 48.0 Å². The SMILES string of the molecule is O=C(C=Cc1ccc(O)cc1)COC1OC(Oc2cc(O)c3c(=O)cc(-c4ccc(O)cc4)oc3c2)C(O)C(O)C1O. The van der Waals surface area contributed by atoms with E-state index >= 15 is 0 Å². The lowest BCUT2D eigenvalue weighted by atomic mass is 10.0. The number of carbonyl (C=O) groups excluding carboxylic acids is 1. The first kappa shape index (κ1) is 28.8. The van der Waals surface area contributed by atoms with Crippen molar-refractivity contribution in [2.45, 2.75) is 30.9 Å². The molecule has 0 spiro atoms. The van der Waals surface area contributed by atoms with Crippen LogP contribution in [0.1, 0.15) is 5.56 Å². The van der Waals surface area contributed by atoms with Crippen LogP contribution in [-0.4, -0.2) is 73.9 Å². The maximum atomic E-state index is 12.7. The highest BCUT2D eigenvalue weighted by atomic mass is 16.8. The summed E-state index contributed by atoms with van der Waals surface area (Å²) in [7, 11) is 0. The molecule has 12 nitrogen and oxygen atoms in total. The third kappa shape index (κ3) is 6.28. The van der Waals surface area contributed by atoms with Gasteiger partial charge < -0.3 is 49.3 Å². The molecule has 2 heterocycles. The fourth-order valence-corrected chi connectivity index (χ4v) is 4.25. The molecule has 5 rings (SSSR count). The standard InChI is InChI=1S/C30H26O12/c31-17-6-1-15(2-7-17)3-8-19(33)14-39-29-27(37)26(36)28(38)30(42-29)40-20-11-21(34)25-22(35)13-23(41-24(25)12-20)16-4-9-18(32)10-5-16/h1-13,26-32,34,36-38H,14H2. The van der Waals surface area contributed by atoms with E-state index in [1.807, 2.05) is 0 Å². The third-order valence-corrected chi connectivity index (χ3v) is 6.46. The smallest absolute Gasteiger partial charge is 0.231 e. The van der Waals surface area contributed by atoms with E-state index in [0.717, 1.165) is 6.07 Å². The van der Waals surface area contributed by atoms with Crippen molar-refractivity contribution < 1.29 is 54.1 Å². The van der Waals surface area contributed by atoms with Crippen molar-refractivity contribution >= 4 is 22.8 Å². The highest BCUT2D eigenvalue weighted by Crippen LogP contribution is 2.33. The van der Waals surface area contributed by atoms with E-state index in [1.54, 1.807) is 12.1 Å². The summed E-state index contributed by atoms with van der Waals surface area (Å²) in [4.78, 5) is 25.0. The number of ketones is 1. The van der Waals surface area contributed by atoms with E-state index in [2.05, 4.69) is 0 Å². The second-order valence-corrected chi connectivity index (χ2v) is 9.50. The summed E-state index contributed by atoms with van der Waals surface area (Å²) in [5, 5.41) is 60.4. The molecule has 5 unspecified atom stereocenters. The number of fused-ring (bicyclic) bond motifs is 1. The van der Waals surface area contributed by atoms with Gasteiger partial charge in [0.15, 0.2) is 17.5 Å². The molecule has 3 aromatic carbocycles.